The van der Waals surface area contributed by atoms with Gasteiger partial charge in [0.15, 0.2) is 0 Å². The summed E-state index contributed by atoms with van der Waals surface area (Å²) in [4.78, 5) is 43.7. The van der Waals surface area contributed by atoms with E-state index < -0.39 is 11.8 Å². The highest BCUT2D eigenvalue weighted by Gasteiger charge is 2.11. The van der Waals surface area contributed by atoms with Gasteiger partial charge in [0.1, 0.15) is 11.6 Å². The van der Waals surface area contributed by atoms with Crippen LogP contribution in [0, 0.1) is 0 Å². The van der Waals surface area contributed by atoms with Crippen molar-refractivity contribution >= 4 is 23.4 Å². The molecule has 0 rings (SSSR count). The van der Waals surface area contributed by atoms with Crippen molar-refractivity contribution in [3.63, 3.8) is 0 Å². The Morgan fingerprint density at radius 2 is 1.06 bits per heavy atom. The van der Waals surface area contributed by atoms with Crippen molar-refractivity contribution < 1.29 is 19.2 Å². The number of carbonyl (C=O) groups is 4. The minimum Gasteiger partial charge on any atom is -0.348 e. The van der Waals surface area contributed by atoms with Crippen molar-refractivity contribution in [1.82, 2.24) is 10.6 Å². The predicted octanol–water partition coefficient (Wildman–Crippen LogP) is -0.0428. The molecule has 0 saturated heterocycles. The number of Topliss-reactive ketones (excluding diaryl/α,β-unsaturated/α-hetero) is 2. The van der Waals surface area contributed by atoms with Crippen molar-refractivity contribution in [3.05, 3.63) is 0 Å². The molecular weight excluding hydrogens is 236 g/mol. The second-order valence-corrected chi connectivity index (χ2v) is 4.12. The molecule has 0 heterocycles. The summed E-state index contributed by atoms with van der Waals surface area (Å²) in [6.45, 7) is 3.56. The lowest BCUT2D eigenvalue weighted by molar-refractivity contribution is -0.139. The summed E-state index contributed by atoms with van der Waals surface area (Å²) in [7, 11) is 0. The number of nitrogens with one attached hydrogen (secondary N) is 2. The van der Waals surface area contributed by atoms with Gasteiger partial charge in [-0.1, -0.05) is 0 Å². The molecule has 2 N–H and O–H groups in total. The first-order valence-electron chi connectivity index (χ1n) is 5.98. The summed E-state index contributed by atoms with van der Waals surface area (Å²) >= 11 is 0. The maximum Gasteiger partial charge on any atom is 0.309 e. The van der Waals surface area contributed by atoms with Crippen LogP contribution in [0.3, 0.4) is 0 Å². The van der Waals surface area contributed by atoms with Crippen LogP contribution in [-0.2, 0) is 19.2 Å². The van der Waals surface area contributed by atoms with Crippen molar-refractivity contribution in [3.8, 4) is 0 Å². The molecule has 0 atom stereocenters. The smallest absolute Gasteiger partial charge is 0.309 e. The van der Waals surface area contributed by atoms with E-state index in [0.717, 1.165) is 0 Å². The van der Waals surface area contributed by atoms with Crippen LogP contribution in [0.15, 0.2) is 0 Å². The molecule has 102 valence electrons. The number of hydrogen-bond donors (Lipinski definition) is 2. The van der Waals surface area contributed by atoms with E-state index in [-0.39, 0.29) is 11.6 Å². The molecule has 0 aromatic carbocycles. The lowest BCUT2D eigenvalue weighted by atomic mass is 10.2. The van der Waals surface area contributed by atoms with E-state index in [1.54, 1.807) is 0 Å². The van der Waals surface area contributed by atoms with E-state index in [0.29, 0.717) is 38.8 Å². The summed E-state index contributed by atoms with van der Waals surface area (Å²) in [6.07, 6.45) is 1.83. The predicted molar refractivity (Wildman–Crippen MR) is 65.8 cm³/mol. The standard InChI is InChI=1S/C12H20N2O4/c1-9(15)5-3-7-13-11(17)12(18)14-8-4-6-10(2)16/h3-8H2,1-2H3,(H,13,17)(H,14,18). The van der Waals surface area contributed by atoms with Crippen molar-refractivity contribution in [2.24, 2.45) is 0 Å². The second-order valence-electron chi connectivity index (χ2n) is 4.12. The largest absolute Gasteiger partial charge is 0.348 e. The molecule has 6 nitrogen and oxygen atoms in total. The highest BCUT2D eigenvalue weighted by Crippen LogP contribution is 1.89. The molecule has 0 spiro atoms. The average Bonchev–Trinajstić information content (AvgIpc) is 2.29. The molecule has 0 unspecified atom stereocenters. The van der Waals surface area contributed by atoms with Crippen LogP contribution in [0.4, 0.5) is 0 Å². The molecule has 0 aromatic rings. The molecule has 0 fully saturated rings. The third kappa shape index (κ3) is 9.50. The summed E-state index contributed by atoms with van der Waals surface area (Å²) in [5.41, 5.74) is 0. The topological polar surface area (TPSA) is 92.3 Å². The van der Waals surface area contributed by atoms with Gasteiger partial charge in [-0.05, 0) is 26.7 Å². The Bertz CT molecular complexity index is 294. The van der Waals surface area contributed by atoms with Gasteiger partial charge in [0.25, 0.3) is 0 Å². The molecular formula is C12H20N2O4. The molecule has 2 amide bonds. The molecule has 0 radical (unpaired) electrons. The van der Waals surface area contributed by atoms with Crippen LogP contribution in [0.1, 0.15) is 39.5 Å². The van der Waals surface area contributed by atoms with Crippen molar-refractivity contribution in [2.45, 2.75) is 39.5 Å². The van der Waals surface area contributed by atoms with E-state index in [1.165, 1.54) is 13.8 Å². The first kappa shape index (κ1) is 16.3. The average molecular weight is 256 g/mol. The Kier molecular flexibility index (Phi) is 8.43. The molecule has 18 heavy (non-hydrogen) atoms. The zero-order valence-corrected chi connectivity index (χ0v) is 10.9. The SMILES string of the molecule is CC(=O)CCCNC(=O)C(=O)NCCCC(C)=O. The van der Waals surface area contributed by atoms with Crippen LogP contribution in [0.25, 0.3) is 0 Å². The fraction of sp³-hybridized carbons (Fsp3) is 0.667. The number of ketones is 2. The molecule has 0 aliphatic heterocycles. The van der Waals surface area contributed by atoms with Crippen molar-refractivity contribution in [2.75, 3.05) is 13.1 Å². The van der Waals surface area contributed by atoms with Crippen LogP contribution in [0.5, 0.6) is 0 Å². The second kappa shape index (κ2) is 9.32. The van der Waals surface area contributed by atoms with Gasteiger partial charge in [-0.25, -0.2) is 0 Å². The highest BCUT2D eigenvalue weighted by molar-refractivity contribution is 6.35. The Balaban J connectivity index is 3.60. The van der Waals surface area contributed by atoms with Gasteiger partial charge >= 0.3 is 11.8 Å². The van der Waals surface area contributed by atoms with Crippen LogP contribution in [0.2, 0.25) is 0 Å². The highest BCUT2D eigenvalue weighted by atomic mass is 16.2. The monoisotopic (exact) mass is 256 g/mol. The minimum atomic E-state index is -0.707. The molecule has 0 bridgehead atoms. The Morgan fingerprint density at radius 1 is 0.722 bits per heavy atom. The van der Waals surface area contributed by atoms with Crippen molar-refractivity contribution in [1.29, 1.82) is 0 Å². The summed E-state index contributed by atoms with van der Waals surface area (Å²) in [5.74, 6) is -1.31. The Hall–Kier alpha value is -1.72. The lowest BCUT2D eigenvalue weighted by Gasteiger charge is -2.05. The molecule has 6 heteroatoms. The number of carbonyl (C=O) groups excluding carboxylic acids is 4. The number of hydrogen-bond acceptors (Lipinski definition) is 4. The molecule has 0 aliphatic rings. The van der Waals surface area contributed by atoms with E-state index in [2.05, 4.69) is 10.6 Å². The summed E-state index contributed by atoms with van der Waals surface area (Å²) in [5, 5.41) is 4.83. The van der Waals surface area contributed by atoms with Crippen LogP contribution >= 0.6 is 0 Å². The van der Waals surface area contributed by atoms with Gasteiger partial charge in [-0.2, -0.15) is 0 Å². The minimum absolute atomic E-state index is 0.0536. The first-order valence-corrected chi connectivity index (χ1v) is 5.98. The quantitative estimate of drug-likeness (QED) is 0.470. The first-order chi connectivity index (χ1) is 8.43. The van der Waals surface area contributed by atoms with Gasteiger partial charge < -0.3 is 20.2 Å². The van der Waals surface area contributed by atoms with Crippen LogP contribution in [-0.4, -0.2) is 36.5 Å². The van der Waals surface area contributed by atoms with E-state index in [1.807, 2.05) is 0 Å². The van der Waals surface area contributed by atoms with E-state index in [9.17, 15) is 19.2 Å². The molecule has 0 saturated carbocycles. The Labute approximate surface area is 106 Å². The summed E-state index contributed by atoms with van der Waals surface area (Å²) < 4.78 is 0. The lowest BCUT2D eigenvalue weighted by Crippen LogP contribution is -2.40. The maximum atomic E-state index is 11.2. The maximum absolute atomic E-state index is 11.2. The van der Waals surface area contributed by atoms with Gasteiger partial charge in [0, 0.05) is 25.9 Å². The Morgan fingerprint density at radius 3 is 1.33 bits per heavy atom. The zero-order chi connectivity index (χ0) is 14.0. The zero-order valence-electron chi connectivity index (χ0n) is 10.9. The third-order valence-corrected chi connectivity index (χ3v) is 2.19. The van der Waals surface area contributed by atoms with E-state index in [4.69, 9.17) is 0 Å². The van der Waals surface area contributed by atoms with Gasteiger partial charge in [-0.15, -0.1) is 0 Å². The number of rotatable bonds is 8. The third-order valence-electron chi connectivity index (χ3n) is 2.19. The van der Waals surface area contributed by atoms with E-state index >= 15 is 0 Å². The van der Waals surface area contributed by atoms with Crippen LogP contribution < -0.4 is 10.6 Å². The molecule has 0 aliphatic carbocycles. The molecule has 0 aromatic heterocycles. The van der Waals surface area contributed by atoms with Gasteiger partial charge in [0.05, 0.1) is 0 Å². The van der Waals surface area contributed by atoms with Gasteiger partial charge in [-0.3, -0.25) is 9.59 Å². The normalized spacial score (nSPS) is 9.67. The summed E-state index contributed by atoms with van der Waals surface area (Å²) in [6, 6.07) is 0. The number of amides is 2. The fourth-order valence-electron chi connectivity index (χ4n) is 1.24. The fourth-order valence-corrected chi connectivity index (χ4v) is 1.24. The van der Waals surface area contributed by atoms with Gasteiger partial charge in [0.2, 0.25) is 0 Å².